The van der Waals surface area contributed by atoms with Crippen LogP contribution in [0.25, 0.3) is 22.2 Å². The lowest BCUT2D eigenvalue weighted by Gasteiger charge is -2.50. The van der Waals surface area contributed by atoms with Crippen LogP contribution in [0.5, 0.6) is 0 Å². The molecule has 2 fully saturated rings. The summed E-state index contributed by atoms with van der Waals surface area (Å²) in [5.41, 5.74) is 9.26. The Morgan fingerprint density at radius 3 is 2.64 bits per heavy atom. The molecule has 226 valence electrons. The average Bonchev–Trinajstić information content (AvgIpc) is 3.60. The van der Waals surface area contributed by atoms with Gasteiger partial charge in [0.15, 0.2) is 17.7 Å². The molecule has 1 saturated heterocycles. The van der Waals surface area contributed by atoms with E-state index < -0.39 is 30.1 Å². The number of fused-ring (bicyclic) bond motifs is 2. The number of nitrogens with two attached hydrogens (primary N) is 1. The van der Waals surface area contributed by atoms with Gasteiger partial charge in [0.1, 0.15) is 36.0 Å². The van der Waals surface area contributed by atoms with Gasteiger partial charge in [-0.25, -0.2) is 19.9 Å². The highest BCUT2D eigenvalue weighted by atomic mass is 16.6. The van der Waals surface area contributed by atoms with Crippen LogP contribution in [-0.4, -0.2) is 92.2 Å². The lowest BCUT2D eigenvalue weighted by Crippen LogP contribution is -2.59. The van der Waals surface area contributed by atoms with E-state index in [-0.39, 0.29) is 23.3 Å². The van der Waals surface area contributed by atoms with Crippen molar-refractivity contribution in [2.24, 2.45) is 0 Å². The second-order valence-electron chi connectivity index (χ2n) is 13.4. The summed E-state index contributed by atoms with van der Waals surface area (Å²) in [7, 11) is 0. The van der Waals surface area contributed by atoms with Crippen molar-refractivity contribution in [2.75, 3.05) is 12.3 Å². The minimum atomic E-state index is -1.17. The number of hydrogen-bond acceptors (Lipinski definition) is 10. The minimum Gasteiger partial charge on any atom is -0.390 e. The van der Waals surface area contributed by atoms with Gasteiger partial charge in [0, 0.05) is 25.0 Å². The molecule has 4 aromatic rings. The molecule has 42 heavy (non-hydrogen) atoms. The van der Waals surface area contributed by atoms with Crippen LogP contribution in [0, 0.1) is 0 Å². The van der Waals surface area contributed by atoms with E-state index in [1.807, 2.05) is 0 Å². The summed E-state index contributed by atoms with van der Waals surface area (Å²) in [4.78, 5) is 22.9. The van der Waals surface area contributed by atoms with E-state index in [1.54, 1.807) is 4.57 Å². The summed E-state index contributed by atoms with van der Waals surface area (Å²) in [6.07, 6.45) is 1.59. The number of aliphatic hydroxyl groups is 3. The number of nitrogens with one attached hydrogen (secondary N) is 1. The summed E-state index contributed by atoms with van der Waals surface area (Å²) in [5, 5.41) is 33.2. The van der Waals surface area contributed by atoms with E-state index in [4.69, 9.17) is 15.5 Å². The topological polar surface area (TPSA) is 171 Å². The number of rotatable bonds is 8. The summed E-state index contributed by atoms with van der Waals surface area (Å²) >= 11 is 0. The zero-order valence-corrected chi connectivity index (χ0v) is 24.9. The van der Waals surface area contributed by atoms with Gasteiger partial charge in [-0.3, -0.25) is 9.47 Å². The number of hydrogen-bond donors (Lipinski definition) is 5. The Kier molecular flexibility index (Phi) is 7.25. The number of benzene rings is 1. The van der Waals surface area contributed by atoms with Crippen molar-refractivity contribution in [1.29, 1.82) is 0 Å². The first-order valence-electron chi connectivity index (χ1n) is 14.7. The molecular formula is C30H42N8O4. The van der Waals surface area contributed by atoms with Crippen LogP contribution in [0.15, 0.2) is 30.9 Å². The van der Waals surface area contributed by atoms with Crippen LogP contribution in [0.1, 0.15) is 71.5 Å². The third-order valence-corrected chi connectivity index (χ3v) is 8.98. The normalized spacial score (nSPS) is 28.4. The Balaban J connectivity index is 1.08. The molecule has 1 saturated carbocycles. The van der Waals surface area contributed by atoms with Crippen molar-refractivity contribution >= 4 is 28.0 Å². The van der Waals surface area contributed by atoms with Gasteiger partial charge in [-0.1, -0.05) is 26.8 Å². The number of ether oxygens (including phenoxy) is 1. The van der Waals surface area contributed by atoms with E-state index in [9.17, 15) is 15.3 Å². The van der Waals surface area contributed by atoms with Gasteiger partial charge in [0.2, 0.25) is 0 Å². The third-order valence-electron chi connectivity index (χ3n) is 8.98. The zero-order valence-electron chi connectivity index (χ0n) is 24.9. The zero-order chi connectivity index (χ0) is 30.0. The Bertz CT molecular complexity index is 1570. The lowest BCUT2D eigenvalue weighted by molar-refractivity contribution is -0.119. The van der Waals surface area contributed by atoms with Crippen LogP contribution in [0.2, 0.25) is 0 Å². The largest absolute Gasteiger partial charge is 0.390 e. The molecule has 0 radical (unpaired) electrons. The predicted octanol–water partition coefficient (Wildman–Crippen LogP) is 2.44. The minimum absolute atomic E-state index is 0.0572. The van der Waals surface area contributed by atoms with Crippen molar-refractivity contribution in [1.82, 2.24) is 34.4 Å². The van der Waals surface area contributed by atoms with Crippen LogP contribution in [-0.2, 0) is 16.6 Å². The number of nitrogen functional groups attached to an aromatic ring is 1. The fraction of sp³-hybridized carbons (Fsp3) is 0.600. The maximum absolute atomic E-state index is 11.3. The second-order valence-corrected chi connectivity index (χ2v) is 13.4. The summed E-state index contributed by atoms with van der Waals surface area (Å²) in [5.74, 6) is 1.12. The maximum Gasteiger partial charge on any atom is 0.167 e. The molecule has 1 aliphatic carbocycles. The quantitative estimate of drug-likeness (QED) is 0.209. The van der Waals surface area contributed by atoms with Gasteiger partial charge < -0.3 is 30.8 Å². The van der Waals surface area contributed by atoms with Crippen molar-refractivity contribution in [3.05, 3.63) is 42.2 Å². The molecule has 12 heteroatoms. The maximum atomic E-state index is 11.3. The van der Waals surface area contributed by atoms with Crippen LogP contribution in [0.4, 0.5) is 5.82 Å². The number of H-pyrrole nitrogens is 1. The Labute approximate surface area is 245 Å². The molecule has 4 heterocycles. The first-order valence-corrected chi connectivity index (χ1v) is 14.7. The van der Waals surface area contributed by atoms with Gasteiger partial charge in [0.25, 0.3) is 0 Å². The molecule has 0 bridgehead atoms. The SMILES string of the molecule is CC(C)N(C[C@H]1O[C@@H](n2cnc3c(N)ncnc32)[C@H](O)[C@@H]1O)[C@H]1C[C@](O)(CCc2nc3cc(C(C)(C)C)ccc3[nH]2)C1. The van der Waals surface area contributed by atoms with Gasteiger partial charge in [-0.2, -0.15) is 0 Å². The van der Waals surface area contributed by atoms with Crippen molar-refractivity contribution in [2.45, 2.75) is 108 Å². The van der Waals surface area contributed by atoms with Crippen LogP contribution in [0.3, 0.4) is 0 Å². The molecule has 1 aromatic carbocycles. The fourth-order valence-electron chi connectivity index (χ4n) is 6.41. The highest BCUT2D eigenvalue weighted by Crippen LogP contribution is 2.41. The number of imidazole rings is 2. The first-order chi connectivity index (χ1) is 19.8. The lowest BCUT2D eigenvalue weighted by atomic mass is 9.71. The number of anilines is 1. The number of aromatic amines is 1. The number of aliphatic hydroxyl groups excluding tert-OH is 2. The highest BCUT2D eigenvalue weighted by Gasteiger charge is 2.49. The molecule has 2 aliphatic rings. The van der Waals surface area contributed by atoms with Gasteiger partial charge in [-0.05, 0) is 56.2 Å². The smallest absolute Gasteiger partial charge is 0.167 e. The molecule has 4 atom stereocenters. The van der Waals surface area contributed by atoms with E-state index in [0.29, 0.717) is 43.4 Å². The van der Waals surface area contributed by atoms with Crippen molar-refractivity contribution in [3.63, 3.8) is 0 Å². The van der Waals surface area contributed by atoms with Crippen LogP contribution < -0.4 is 5.73 Å². The molecular weight excluding hydrogens is 536 g/mol. The number of aromatic nitrogens is 6. The standard InChI is InChI=1S/C30H42N8O4/c1-16(2)37(13-21-24(39)25(40)28(42-21)38-15-34-23-26(31)32-14-33-27(23)38)18-11-30(41,12-18)9-8-22-35-19-7-6-17(29(3,4)5)10-20(19)36-22/h6-7,10,14-16,18,21,24-25,28,39-41H,8-9,11-13H2,1-5H3,(H,35,36)(H2,31,32,33)/t18-,21-,24-,25-,28-,30+/m1/s1. The van der Waals surface area contributed by atoms with Crippen LogP contribution >= 0.6 is 0 Å². The van der Waals surface area contributed by atoms with E-state index in [0.717, 1.165) is 16.9 Å². The fourth-order valence-corrected chi connectivity index (χ4v) is 6.41. The average molecular weight is 579 g/mol. The third kappa shape index (κ3) is 5.26. The molecule has 0 spiro atoms. The molecule has 1 aliphatic heterocycles. The monoisotopic (exact) mass is 578 g/mol. The molecule has 3 aromatic heterocycles. The molecule has 0 unspecified atom stereocenters. The Hall–Kier alpha value is -3.16. The number of nitrogens with zero attached hydrogens (tertiary/aromatic N) is 6. The molecule has 6 rings (SSSR count). The highest BCUT2D eigenvalue weighted by molar-refractivity contribution is 5.81. The van der Waals surface area contributed by atoms with E-state index in [1.165, 1.54) is 18.2 Å². The van der Waals surface area contributed by atoms with Gasteiger partial charge in [0.05, 0.1) is 23.0 Å². The van der Waals surface area contributed by atoms with E-state index in [2.05, 4.69) is 77.7 Å². The Morgan fingerprint density at radius 2 is 1.93 bits per heavy atom. The molecule has 12 nitrogen and oxygen atoms in total. The first kappa shape index (κ1) is 28.9. The summed E-state index contributed by atoms with van der Waals surface area (Å²) in [6, 6.07) is 6.65. The van der Waals surface area contributed by atoms with Gasteiger partial charge in [-0.15, -0.1) is 0 Å². The Morgan fingerprint density at radius 1 is 1.17 bits per heavy atom. The second kappa shape index (κ2) is 10.5. The summed E-state index contributed by atoms with van der Waals surface area (Å²) < 4.78 is 7.79. The van der Waals surface area contributed by atoms with Crippen molar-refractivity contribution in [3.8, 4) is 0 Å². The molecule has 6 N–H and O–H groups in total. The van der Waals surface area contributed by atoms with Gasteiger partial charge >= 0.3 is 0 Å². The summed E-state index contributed by atoms with van der Waals surface area (Å²) in [6.45, 7) is 11.2. The molecule has 0 amide bonds. The van der Waals surface area contributed by atoms with Crippen molar-refractivity contribution < 1.29 is 20.1 Å². The number of aryl methyl sites for hydroxylation is 1. The van der Waals surface area contributed by atoms with E-state index >= 15 is 0 Å². The predicted molar refractivity (Wildman–Crippen MR) is 159 cm³/mol.